The van der Waals surface area contributed by atoms with Crippen LogP contribution in [0.5, 0.6) is 17.2 Å². The van der Waals surface area contributed by atoms with Crippen LogP contribution in [-0.2, 0) is 10.0 Å². The van der Waals surface area contributed by atoms with Gasteiger partial charge >= 0.3 is 0 Å². The van der Waals surface area contributed by atoms with Crippen LogP contribution in [0.4, 0.5) is 5.69 Å². The van der Waals surface area contributed by atoms with E-state index in [2.05, 4.69) is 4.72 Å². The number of hydrogen-bond donors (Lipinski definition) is 2. The van der Waals surface area contributed by atoms with Crippen molar-refractivity contribution in [2.24, 2.45) is 0 Å². The van der Waals surface area contributed by atoms with Gasteiger partial charge in [-0.05, 0) is 43.4 Å². The summed E-state index contributed by atoms with van der Waals surface area (Å²) < 4.78 is 36.3. The Labute approximate surface area is 123 Å². The maximum Gasteiger partial charge on any atom is 0.242 e. The van der Waals surface area contributed by atoms with E-state index in [1.54, 1.807) is 37.4 Å². The number of anilines is 1. The molecule has 0 amide bonds. The predicted octanol–water partition coefficient (Wildman–Crippen LogP) is 1.98. The summed E-state index contributed by atoms with van der Waals surface area (Å²) in [6.45, 7) is 0. The lowest BCUT2D eigenvalue weighted by Gasteiger charge is -2.10. The van der Waals surface area contributed by atoms with Gasteiger partial charge in [0, 0.05) is 6.07 Å². The highest BCUT2D eigenvalue weighted by molar-refractivity contribution is 7.89. The Balaban J connectivity index is 2.24. The third-order valence-corrected chi connectivity index (χ3v) is 4.32. The zero-order valence-corrected chi connectivity index (χ0v) is 12.5. The number of nitrogen functional groups attached to an aromatic ring is 1. The number of nitrogens with one attached hydrogen (secondary N) is 1. The number of benzene rings is 2. The molecule has 0 heterocycles. The predicted molar refractivity (Wildman–Crippen MR) is 80.2 cm³/mol. The summed E-state index contributed by atoms with van der Waals surface area (Å²) in [4.78, 5) is 0.0204. The van der Waals surface area contributed by atoms with Gasteiger partial charge in [-0.3, -0.25) is 0 Å². The molecule has 0 fully saturated rings. The lowest BCUT2D eigenvalue weighted by atomic mass is 10.3. The van der Waals surface area contributed by atoms with Gasteiger partial charge in [0.2, 0.25) is 10.0 Å². The number of ether oxygens (including phenoxy) is 2. The normalized spacial score (nSPS) is 11.1. The van der Waals surface area contributed by atoms with E-state index in [0.29, 0.717) is 11.5 Å². The van der Waals surface area contributed by atoms with Crippen molar-refractivity contribution in [3.05, 3.63) is 42.5 Å². The second kappa shape index (κ2) is 6.02. The van der Waals surface area contributed by atoms with Crippen LogP contribution >= 0.6 is 0 Å². The van der Waals surface area contributed by atoms with Crippen LogP contribution in [0, 0.1) is 0 Å². The maximum atomic E-state index is 11.7. The fourth-order valence-corrected chi connectivity index (χ4v) is 2.56. The summed E-state index contributed by atoms with van der Waals surface area (Å²) in [5.41, 5.74) is 5.88. The minimum Gasteiger partial charge on any atom is -0.497 e. The van der Waals surface area contributed by atoms with Gasteiger partial charge in [-0.1, -0.05) is 0 Å². The quantitative estimate of drug-likeness (QED) is 0.824. The molecule has 0 aliphatic rings. The average molecular weight is 308 g/mol. The zero-order valence-electron chi connectivity index (χ0n) is 11.7. The van der Waals surface area contributed by atoms with Gasteiger partial charge in [0.05, 0.1) is 12.8 Å². The number of methoxy groups -OCH3 is 1. The minimum absolute atomic E-state index is 0.0204. The van der Waals surface area contributed by atoms with E-state index in [1.807, 2.05) is 0 Å². The number of nitrogens with two attached hydrogens (primary N) is 1. The summed E-state index contributed by atoms with van der Waals surface area (Å²) in [6, 6.07) is 11.4. The van der Waals surface area contributed by atoms with Gasteiger partial charge in [-0.25, -0.2) is 13.1 Å². The third-order valence-electron chi connectivity index (χ3n) is 2.83. The monoisotopic (exact) mass is 308 g/mol. The van der Waals surface area contributed by atoms with E-state index in [-0.39, 0.29) is 10.6 Å². The van der Waals surface area contributed by atoms with Crippen molar-refractivity contribution in [2.45, 2.75) is 4.90 Å². The first kappa shape index (κ1) is 15.1. The molecule has 0 aliphatic heterocycles. The van der Waals surface area contributed by atoms with Gasteiger partial charge in [-0.2, -0.15) is 0 Å². The van der Waals surface area contributed by atoms with E-state index in [9.17, 15) is 8.42 Å². The molecule has 0 saturated heterocycles. The first-order valence-corrected chi connectivity index (χ1v) is 7.59. The Kier molecular flexibility index (Phi) is 4.35. The van der Waals surface area contributed by atoms with Gasteiger partial charge in [0.25, 0.3) is 0 Å². The number of hydrogen-bond acceptors (Lipinski definition) is 5. The van der Waals surface area contributed by atoms with Crippen molar-refractivity contribution >= 4 is 15.7 Å². The van der Waals surface area contributed by atoms with Crippen LogP contribution in [0.15, 0.2) is 47.4 Å². The molecule has 0 saturated carbocycles. The molecule has 0 aliphatic carbocycles. The standard InChI is InChI=1S/C14H16N2O4S/c1-16-21(17,18)14-8-7-12(9-13(14)15)20-11-5-3-10(19-2)4-6-11/h3-9,16H,15H2,1-2H3. The van der Waals surface area contributed by atoms with Gasteiger partial charge < -0.3 is 15.2 Å². The highest BCUT2D eigenvalue weighted by atomic mass is 32.2. The smallest absolute Gasteiger partial charge is 0.242 e. The van der Waals surface area contributed by atoms with Crippen LogP contribution in [0.3, 0.4) is 0 Å². The van der Waals surface area contributed by atoms with Gasteiger partial charge in [0.1, 0.15) is 22.1 Å². The van der Waals surface area contributed by atoms with Crippen molar-refractivity contribution in [2.75, 3.05) is 19.9 Å². The number of sulfonamides is 1. The summed E-state index contributed by atoms with van der Waals surface area (Å²) >= 11 is 0. The Morgan fingerprint density at radius 1 is 1.00 bits per heavy atom. The fraction of sp³-hybridized carbons (Fsp3) is 0.143. The molecule has 0 spiro atoms. The molecule has 21 heavy (non-hydrogen) atoms. The van der Waals surface area contributed by atoms with Gasteiger partial charge in [0.15, 0.2) is 0 Å². The minimum atomic E-state index is -3.57. The summed E-state index contributed by atoms with van der Waals surface area (Å²) in [6.07, 6.45) is 0. The van der Waals surface area contributed by atoms with Crippen molar-refractivity contribution in [3.8, 4) is 17.2 Å². The average Bonchev–Trinajstić information content (AvgIpc) is 2.48. The van der Waals surface area contributed by atoms with E-state index < -0.39 is 10.0 Å². The van der Waals surface area contributed by atoms with Gasteiger partial charge in [-0.15, -0.1) is 0 Å². The van der Waals surface area contributed by atoms with E-state index >= 15 is 0 Å². The van der Waals surface area contributed by atoms with Crippen molar-refractivity contribution in [1.82, 2.24) is 4.72 Å². The van der Waals surface area contributed by atoms with E-state index in [1.165, 1.54) is 19.2 Å². The molecule has 2 aromatic rings. The molecular weight excluding hydrogens is 292 g/mol. The second-order valence-electron chi connectivity index (χ2n) is 4.18. The van der Waals surface area contributed by atoms with Crippen molar-refractivity contribution in [1.29, 1.82) is 0 Å². The lowest BCUT2D eigenvalue weighted by molar-refractivity contribution is 0.413. The highest BCUT2D eigenvalue weighted by Gasteiger charge is 2.15. The maximum absolute atomic E-state index is 11.7. The Morgan fingerprint density at radius 3 is 2.10 bits per heavy atom. The Bertz CT molecular complexity index is 727. The first-order chi connectivity index (χ1) is 9.96. The molecule has 0 unspecified atom stereocenters. The molecule has 2 rings (SSSR count). The first-order valence-electron chi connectivity index (χ1n) is 6.11. The topological polar surface area (TPSA) is 90.7 Å². The SMILES string of the molecule is CNS(=O)(=O)c1ccc(Oc2ccc(OC)cc2)cc1N. The molecule has 0 radical (unpaired) electrons. The molecular formula is C14H16N2O4S. The molecule has 0 aromatic heterocycles. The van der Waals surface area contributed by atoms with Crippen LogP contribution in [0.2, 0.25) is 0 Å². The Hall–Kier alpha value is -2.25. The summed E-state index contributed by atoms with van der Waals surface area (Å²) in [5, 5.41) is 0. The molecule has 112 valence electrons. The second-order valence-corrected chi connectivity index (χ2v) is 6.04. The molecule has 2 aromatic carbocycles. The van der Waals surface area contributed by atoms with Crippen LogP contribution in [0.1, 0.15) is 0 Å². The largest absolute Gasteiger partial charge is 0.497 e. The van der Waals surface area contributed by atoms with Crippen LogP contribution in [-0.4, -0.2) is 22.6 Å². The molecule has 6 nitrogen and oxygen atoms in total. The zero-order chi connectivity index (χ0) is 15.5. The van der Waals surface area contributed by atoms with E-state index in [4.69, 9.17) is 15.2 Å². The van der Waals surface area contributed by atoms with Crippen molar-refractivity contribution in [3.63, 3.8) is 0 Å². The lowest BCUT2D eigenvalue weighted by Crippen LogP contribution is -2.19. The van der Waals surface area contributed by atoms with E-state index in [0.717, 1.165) is 5.75 Å². The Morgan fingerprint density at radius 2 is 1.57 bits per heavy atom. The summed E-state index contributed by atoms with van der Waals surface area (Å²) in [5.74, 6) is 1.77. The summed E-state index contributed by atoms with van der Waals surface area (Å²) in [7, 11) is -0.664. The van der Waals surface area contributed by atoms with Crippen molar-refractivity contribution < 1.29 is 17.9 Å². The third kappa shape index (κ3) is 3.45. The molecule has 0 bridgehead atoms. The fourth-order valence-electron chi connectivity index (χ4n) is 1.72. The highest BCUT2D eigenvalue weighted by Crippen LogP contribution is 2.28. The van der Waals surface area contributed by atoms with Crippen LogP contribution in [0.25, 0.3) is 0 Å². The molecule has 3 N–H and O–H groups in total. The van der Waals surface area contributed by atoms with Crippen LogP contribution < -0.4 is 19.9 Å². The number of rotatable bonds is 5. The molecule has 7 heteroatoms. The molecule has 0 atom stereocenters.